The van der Waals surface area contributed by atoms with Crippen molar-refractivity contribution in [3.63, 3.8) is 0 Å². The van der Waals surface area contributed by atoms with Crippen LogP contribution in [0.5, 0.6) is 11.6 Å². The van der Waals surface area contributed by atoms with Gasteiger partial charge in [0.2, 0.25) is 5.88 Å². The Balaban J connectivity index is 1.52. The summed E-state index contributed by atoms with van der Waals surface area (Å²) in [6, 6.07) is 6.62. The Morgan fingerprint density at radius 3 is 2.85 bits per heavy atom. The Labute approximate surface area is 199 Å². The molecule has 0 bridgehead atoms. The highest BCUT2D eigenvalue weighted by molar-refractivity contribution is 7.17. The third kappa shape index (κ3) is 4.65. The van der Waals surface area contributed by atoms with Gasteiger partial charge in [-0.25, -0.2) is 19.2 Å². The summed E-state index contributed by atoms with van der Waals surface area (Å²) in [5.74, 6) is -0.152. The summed E-state index contributed by atoms with van der Waals surface area (Å²) in [6.45, 7) is 5.19. The molecule has 0 saturated heterocycles. The third-order valence-corrected chi connectivity index (χ3v) is 6.20. The van der Waals surface area contributed by atoms with Gasteiger partial charge in [0, 0.05) is 30.2 Å². The molecule has 3 heterocycles. The first kappa shape index (κ1) is 23.4. The molecule has 0 fully saturated rings. The molecule has 0 aliphatic rings. The van der Waals surface area contributed by atoms with Crippen molar-refractivity contribution in [2.24, 2.45) is 0 Å². The van der Waals surface area contributed by atoms with Crippen LogP contribution in [0.15, 0.2) is 30.6 Å². The molecule has 0 aliphatic heterocycles. The maximum atomic E-state index is 14.6. The minimum Gasteiger partial charge on any atom is -0.496 e. The molecule has 11 heteroatoms. The quantitative estimate of drug-likeness (QED) is 0.335. The van der Waals surface area contributed by atoms with E-state index >= 15 is 0 Å². The fourth-order valence-corrected chi connectivity index (χ4v) is 4.44. The smallest absolute Gasteiger partial charge is 0.351 e. The second-order valence-electron chi connectivity index (χ2n) is 7.47. The number of methoxy groups -OCH3 is 1. The monoisotopic (exact) mass is 485 g/mol. The maximum absolute atomic E-state index is 14.6. The third-order valence-electron chi connectivity index (χ3n) is 5.16. The summed E-state index contributed by atoms with van der Waals surface area (Å²) in [7, 11) is 1.56. The van der Waals surface area contributed by atoms with E-state index in [1.807, 2.05) is 24.5 Å². The molecule has 2 N–H and O–H groups in total. The van der Waals surface area contributed by atoms with Crippen molar-refractivity contribution < 1.29 is 23.8 Å². The number of carboxylic acids is 1. The molecule has 0 saturated carbocycles. The lowest BCUT2D eigenvalue weighted by Gasteiger charge is -2.11. The van der Waals surface area contributed by atoms with Gasteiger partial charge in [0.15, 0.2) is 4.88 Å². The summed E-state index contributed by atoms with van der Waals surface area (Å²) < 4.78 is 27.3. The highest BCUT2D eigenvalue weighted by Crippen LogP contribution is 2.33. The van der Waals surface area contributed by atoms with Gasteiger partial charge in [0.1, 0.15) is 34.4 Å². The number of hydrogen-bond acceptors (Lipinski definition) is 8. The predicted molar refractivity (Wildman–Crippen MR) is 128 cm³/mol. The predicted octanol–water partition coefficient (Wildman–Crippen LogP) is 4.61. The number of halogens is 1. The summed E-state index contributed by atoms with van der Waals surface area (Å²) >= 11 is 0.999. The van der Waals surface area contributed by atoms with Crippen LogP contribution in [-0.4, -0.2) is 50.9 Å². The Morgan fingerprint density at radius 2 is 2.12 bits per heavy atom. The average molecular weight is 486 g/mol. The lowest BCUT2D eigenvalue weighted by molar-refractivity contribution is 0.0697. The normalized spacial score (nSPS) is 11.1. The van der Waals surface area contributed by atoms with Gasteiger partial charge >= 0.3 is 5.97 Å². The Morgan fingerprint density at radius 1 is 1.29 bits per heavy atom. The first-order chi connectivity index (χ1) is 16.4. The zero-order valence-electron chi connectivity index (χ0n) is 19.0. The van der Waals surface area contributed by atoms with Crippen LogP contribution in [-0.2, 0) is 6.54 Å². The molecule has 4 aromatic rings. The first-order valence-corrected chi connectivity index (χ1v) is 11.5. The molecule has 0 amide bonds. The van der Waals surface area contributed by atoms with E-state index in [0.717, 1.165) is 28.8 Å². The highest BCUT2D eigenvalue weighted by atomic mass is 32.1. The van der Waals surface area contributed by atoms with Crippen molar-refractivity contribution in [2.75, 3.05) is 25.6 Å². The number of aromatic carboxylic acids is 1. The van der Waals surface area contributed by atoms with Crippen LogP contribution in [0.1, 0.15) is 28.7 Å². The van der Waals surface area contributed by atoms with Crippen molar-refractivity contribution in [3.8, 4) is 22.3 Å². The van der Waals surface area contributed by atoms with E-state index in [1.54, 1.807) is 19.2 Å². The van der Waals surface area contributed by atoms with E-state index in [2.05, 4.69) is 20.3 Å². The number of nitrogens with one attached hydrogen (secondary N) is 1. The number of aromatic nitrogens is 4. The Bertz CT molecular complexity index is 1340. The molecule has 0 aliphatic carbocycles. The largest absolute Gasteiger partial charge is 0.496 e. The standard InChI is InChI=1S/C23H24FN5O4S/c1-4-9-33-21-20(23(30)31)34-22(28-21)16-11-18(27-12-26-16)25-7-8-29-13(2)10-14-17(32-3)6-5-15(24)19(14)29/h5-6,10-12H,4,7-9H2,1-3H3,(H,30,31)(H,25,26,27). The number of carbonyl (C=O) groups is 1. The lowest BCUT2D eigenvalue weighted by Crippen LogP contribution is -2.13. The molecule has 178 valence electrons. The average Bonchev–Trinajstić information content (AvgIpc) is 3.40. The number of rotatable bonds is 10. The molecule has 0 atom stereocenters. The number of carboxylic acid groups (broad SMARTS) is 1. The van der Waals surface area contributed by atoms with E-state index in [1.165, 1.54) is 12.4 Å². The summed E-state index contributed by atoms with van der Waals surface area (Å²) in [5, 5.41) is 13.8. The second-order valence-corrected chi connectivity index (χ2v) is 8.47. The van der Waals surface area contributed by atoms with Gasteiger partial charge in [-0.1, -0.05) is 6.92 Å². The molecule has 0 unspecified atom stereocenters. The van der Waals surface area contributed by atoms with Gasteiger partial charge < -0.3 is 24.5 Å². The van der Waals surface area contributed by atoms with Crippen LogP contribution >= 0.6 is 11.3 Å². The van der Waals surface area contributed by atoms with Crippen LogP contribution in [0, 0.1) is 12.7 Å². The van der Waals surface area contributed by atoms with Crippen LogP contribution in [0.2, 0.25) is 0 Å². The minimum atomic E-state index is -1.10. The number of anilines is 1. The van der Waals surface area contributed by atoms with Gasteiger partial charge in [-0.05, 0) is 31.5 Å². The molecule has 0 spiro atoms. The molecule has 9 nitrogen and oxygen atoms in total. The summed E-state index contributed by atoms with van der Waals surface area (Å²) in [6.07, 6.45) is 2.12. The fraction of sp³-hybridized carbons (Fsp3) is 0.304. The van der Waals surface area contributed by atoms with Crippen LogP contribution in [0.4, 0.5) is 10.2 Å². The number of aryl methyl sites for hydroxylation is 1. The van der Waals surface area contributed by atoms with Gasteiger partial charge in [0.25, 0.3) is 0 Å². The zero-order chi connectivity index (χ0) is 24.2. The summed E-state index contributed by atoms with van der Waals surface area (Å²) in [4.78, 5) is 24.3. The molecular formula is C23H24FN5O4S. The topological polar surface area (TPSA) is 111 Å². The van der Waals surface area contributed by atoms with Crippen LogP contribution < -0.4 is 14.8 Å². The molecule has 34 heavy (non-hydrogen) atoms. The molecule has 3 aromatic heterocycles. The van der Waals surface area contributed by atoms with Crippen molar-refractivity contribution >= 4 is 34.0 Å². The molecule has 1 aromatic carbocycles. The van der Waals surface area contributed by atoms with Gasteiger partial charge in [-0.2, -0.15) is 4.98 Å². The molecule has 0 radical (unpaired) electrons. The number of nitrogens with zero attached hydrogens (tertiary/aromatic N) is 4. The maximum Gasteiger partial charge on any atom is 0.351 e. The first-order valence-electron chi connectivity index (χ1n) is 10.7. The minimum absolute atomic E-state index is 0.0315. The molecular weight excluding hydrogens is 461 g/mol. The number of hydrogen-bond donors (Lipinski definition) is 2. The highest BCUT2D eigenvalue weighted by Gasteiger charge is 2.21. The zero-order valence-corrected chi connectivity index (χ0v) is 19.8. The van der Waals surface area contributed by atoms with Gasteiger partial charge in [-0.3, -0.25) is 0 Å². The number of ether oxygens (including phenoxy) is 2. The van der Waals surface area contributed by atoms with E-state index in [9.17, 15) is 14.3 Å². The van der Waals surface area contributed by atoms with Crippen LogP contribution in [0.25, 0.3) is 21.6 Å². The summed E-state index contributed by atoms with van der Waals surface area (Å²) in [5.41, 5.74) is 1.88. The molecule has 4 rings (SSSR count). The van der Waals surface area contributed by atoms with Crippen LogP contribution in [0.3, 0.4) is 0 Å². The van der Waals surface area contributed by atoms with E-state index < -0.39 is 5.97 Å². The number of thiazole rings is 1. The van der Waals surface area contributed by atoms with E-state index in [0.29, 0.717) is 47.5 Å². The second kappa shape index (κ2) is 10.0. The van der Waals surface area contributed by atoms with E-state index in [-0.39, 0.29) is 16.6 Å². The van der Waals surface area contributed by atoms with Crippen molar-refractivity contribution in [1.29, 1.82) is 0 Å². The van der Waals surface area contributed by atoms with Crippen molar-refractivity contribution in [1.82, 2.24) is 19.5 Å². The van der Waals surface area contributed by atoms with Crippen molar-refractivity contribution in [3.05, 3.63) is 47.0 Å². The Kier molecular flexibility index (Phi) is 6.92. The van der Waals surface area contributed by atoms with Crippen molar-refractivity contribution in [2.45, 2.75) is 26.8 Å². The lowest BCUT2D eigenvalue weighted by atomic mass is 10.2. The fourth-order valence-electron chi connectivity index (χ4n) is 3.62. The SMILES string of the molecule is CCCOc1nc(-c2cc(NCCn3c(C)cc4c(OC)ccc(F)c43)ncn2)sc1C(=O)O. The van der Waals surface area contributed by atoms with Gasteiger partial charge in [-0.15, -0.1) is 11.3 Å². The Hall–Kier alpha value is -3.73. The number of benzene rings is 1. The van der Waals surface area contributed by atoms with E-state index in [4.69, 9.17) is 9.47 Å². The van der Waals surface area contributed by atoms with Gasteiger partial charge in [0.05, 0.1) is 19.2 Å². The number of fused-ring (bicyclic) bond motifs is 1.